The summed E-state index contributed by atoms with van der Waals surface area (Å²) in [7, 11) is 2.14. The number of nitrogens with zero attached hydrogens (tertiary/aromatic N) is 1. The molecule has 1 nitrogen and oxygen atoms in total. The third kappa shape index (κ3) is 1.85. The molecule has 0 saturated carbocycles. The van der Waals surface area contributed by atoms with E-state index in [4.69, 9.17) is 0 Å². The summed E-state index contributed by atoms with van der Waals surface area (Å²) < 4.78 is 2.28. The second-order valence-corrected chi connectivity index (χ2v) is 5.67. The van der Waals surface area contributed by atoms with Gasteiger partial charge in [0.2, 0.25) is 0 Å². The van der Waals surface area contributed by atoms with E-state index in [1.807, 2.05) is 0 Å². The zero-order valence-electron chi connectivity index (χ0n) is 12.3. The lowest BCUT2D eigenvalue weighted by atomic mass is 10.0. The first-order valence-electron chi connectivity index (χ1n) is 7.28. The first-order valence-corrected chi connectivity index (χ1v) is 7.28. The summed E-state index contributed by atoms with van der Waals surface area (Å²) >= 11 is 0. The van der Waals surface area contributed by atoms with E-state index in [0.29, 0.717) is 0 Å². The molecular formula is C20H17N. The van der Waals surface area contributed by atoms with Crippen molar-refractivity contribution in [3.05, 3.63) is 72.3 Å². The quantitative estimate of drug-likeness (QED) is 0.442. The normalized spacial score (nSPS) is 11.3. The van der Waals surface area contributed by atoms with E-state index in [1.165, 1.54) is 38.5 Å². The summed E-state index contributed by atoms with van der Waals surface area (Å²) in [5, 5.41) is 2.65. The van der Waals surface area contributed by atoms with Crippen molar-refractivity contribution in [2.24, 2.45) is 7.05 Å². The van der Waals surface area contributed by atoms with Crippen molar-refractivity contribution < 1.29 is 0 Å². The number of para-hydroxylation sites is 1. The number of aryl methyl sites for hydroxylation is 2. The number of fused-ring (bicyclic) bond motifs is 3. The molecule has 0 fully saturated rings. The van der Waals surface area contributed by atoms with Crippen LogP contribution in [-0.2, 0) is 7.05 Å². The topological polar surface area (TPSA) is 4.93 Å². The molecule has 102 valence electrons. The lowest BCUT2D eigenvalue weighted by Crippen LogP contribution is -1.87. The molecule has 3 aromatic carbocycles. The number of aromatic nitrogens is 1. The van der Waals surface area contributed by atoms with E-state index in [0.717, 1.165) is 0 Å². The number of rotatable bonds is 1. The van der Waals surface area contributed by atoms with Gasteiger partial charge in [-0.25, -0.2) is 0 Å². The molecule has 21 heavy (non-hydrogen) atoms. The molecule has 0 aliphatic carbocycles. The van der Waals surface area contributed by atoms with Gasteiger partial charge >= 0.3 is 0 Å². The first-order chi connectivity index (χ1) is 10.2. The van der Waals surface area contributed by atoms with Crippen molar-refractivity contribution in [2.45, 2.75) is 6.92 Å². The molecule has 0 saturated heterocycles. The highest BCUT2D eigenvalue weighted by Gasteiger charge is 2.08. The summed E-state index contributed by atoms with van der Waals surface area (Å²) in [4.78, 5) is 0. The van der Waals surface area contributed by atoms with Gasteiger partial charge < -0.3 is 4.57 Å². The highest BCUT2D eigenvalue weighted by molar-refractivity contribution is 6.08. The van der Waals surface area contributed by atoms with E-state index in [9.17, 15) is 0 Å². The van der Waals surface area contributed by atoms with Crippen molar-refractivity contribution in [1.29, 1.82) is 0 Å². The Morgan fingerprint density at radius 1 is 0.667 bits per heavy atom. The average Bonchev–Trinajstić information content (AvgIpc) is 2.81. The number of benzene rings is 3. The third-order valence-corrected chi connectivity index (χ3v) is 4.30. The Morgan fingerprint density at radius 3 is 2.14 bits per heavy atom. The van der Waals surface area contributed by atoms with Gasteiger partial charge in [0.1, 0.15) is 0 Å². The summed E-state index contributed by atoms with van der Waals surface area (Å²) in [5.74, 6) is 0. The monoisotopic (exact) mass is 271 g/mol. The third-order valence-electron chi connectivity index (χ3n) is 4.30. The van der Waals surface area contributed by atoms with Crippen molar-refractivity contribution >= 4 is 21.8 Å². The maximum Gasteiger partial charge on any atom is 0.0494 e. The molecule has 0 spiro atoms. The SMILES string of the molecule is Cc1ccc(-c2ccc3c4ccccc4n(C)c3c2)cc1. The minimum absolute atomic E-state index is 1.27. The standard InChI is InChI=1S/C20H17N/c1-14-7-9-15(10-8-14)16-11-12-18-17-5-3-4-6-19(17)21(2)20(18)13-16/h3-13H,1-2H3. The zero-order chi connectivity index (χ0) is 14.4. The van der Waals surface area contributed by atoms with Gasteiger partial charge in [0, 0.05) is 28.9 Å². The second kappa shape index (κ2) is 4.49. The lowest BCUT2D eigenvalue weighted by molar-refractivity contribution is 1.01. The molecule has 0 radical (unpaired) electrons. The molecule has 1 heteroatoms. The molecule has 4 rings (SSSR count). The minimum Gasteiger partial charge on any atom is -0.344 e. The fraction of sp³-hybridized carbons (Fsp3) is 0.100. The van der Waals surface area contributed by atoms with Crippen LogP contribution in [0.1, 0.15) is 5.56 Å². The molecule has 0 unspecified atom stereocenters. The van der Waals surface area contributed by atoms with Crippen LogP contribution in [0.15, 0.2) is 66.7 Å². The van der Waals surface area contributed by atoms with Gasteiger partial charge in [-0.15, -0.1) is 0 Å². The molecule has 0 bridgehead atoms. The number of hydrogen-bond donors (Lipinski definition) is 0. The van der Waals surface area contributed by atoms with Crippen LogP contribution in [0.5, 0.6) is 0 Å². The van der Waals surface area contributed by atoms with Gasteiger partial charge in [-0.3, -0.25) is 0 Å². The zero-order valence-corrected chi connectivity index (χ0v) is 12.3. The number of hydrogen-bond acceptors (Lipinski definition) is 0. The predicted octanol–water partition coefficient (Wildman–Crippen LogP) is 5.31. The van der Waals surface area contributed by atoms with Crippen LogP contribution in [-0.4, -0.2) is 4.57 Å². The van der Waals surface area contributed by atoms with Crippen molar-refractivity contribution in [2.75, 3.05) is 0 Å². The maximum absolute atomic E-state index is 2.29. The first kappa shape index (κ1) is 12.2. The summed E-state index contributed by atoms with van der Waals surface area (Å²) in [6, 6.07) is 24.1. The van der Waals surface area contributed by atoms with Crippen LogP contribution in [0.2, 0.25) is 0 Å². The Hall–Kier alpha value is -2.54. The van der Waals surface area contributed by atoms with Crippen LogP contribution in [0.4, 0.5) is 0 Å². The van der Waals surface area contributed by atoms with Crippen LogP contribution < -0.4 is 0 Å². The Kier molecular flexibility index (Phi) is 2.61. The van der Waals surface area contributed by atoms with Crippen LogP contribution in [0, 0.1) is 6.92 Å². The van der Waals surface area contributed by atoms with Crippen LogP contribution in [0.3, 0.4) is 0 Å². The maximum atomic E-state index is 2.29. The summed E-state index contributed by atoms with van der Waals surface area (Å²) in [5.41, 5.74) is 6.41. The van der Waals surface area contributed by atoms with Gasteiger partial charge in [0.05, 0.1) is 0 Å². The van der Waals surface area contributed by atoms with Gasteiger partial charge in [-0.1, -0.05) is 60.2 Å². The van der Waals surface area contributed by atoms with E-state index in [-0.39, 0.29) is 0 Å². The molecule has 1 heterocycles. The second-order valence-electron chi connectivity index (χ2n) is 5.67. The summed E-state index contributed by atoms with van der Waals surface area (Å²) in [6.07, 6.45) is 0. The van der Waals surface area contributed by atoms with Crippen molar-refractivity contribution in [3.63, 3.8) is 0 Å². The minimum atomic E-state index is 1.27. The van der Waals surface area contributed by atoms with Gasteiger partial charge in [-0.05, 0) is 30.2 Å². The Morgan fingerprint density at radius 2 is 1.33 bits per heavy atom. The molecule has 0 amide bonds. The highest BCUT2D eigenvalue weighted by atomic mass is 14.9. The molecule has 0 atom stereocenters. The van der Waals surface area contributed by atoms with E-state index < -0.39 is 0 Å². The Balaban J connectivity index is 2.00. The molecule has 0 aliphatic rings. The lowest BCUT2D eigenvalue weighted by Gasteiger charge is -2.04. The molecule has 0 aliphatic heterocycles. The molecule has 1 aromatic heterocycles. The fourth-order valence-electron chi connectivity index (χ4n) is 3.09. The van der Waals surface area contributed by atoms with E-state index in [1.54, 1.807) is 0 Å². The Bertz CT molecular complexity index is 943. The fourth-order valence-corrected chi connectivity index (χ4v) is 3.09. The van der Waals surface area contributed by atoms with E-state index >= 15 is 0 Å². The highest BCUT2D eigenvalue weighted by Crippen LogP contribution is 2.31. The van der Waals surface area contributed by atoms with Gasteiger partial charge in [-0.2, -0.15) is 0 Å². The molecular weight excluding hydrogens is 254 g/mol. The smallest absolute Gasteiger partial charge is 0.0494 e. The Labute approximate surface area is 124 Å². The van der Waals surface area contributed by atoms with E-state index in [2.05, 4.69) is 85.3 Å². The largest absolute Gasteiger partial charge is 0.344 e. The average molecular weight is 271 g/mol. The molecule has 0 N–H and O–H groups in total. The van der Waals surface area contributed by atoms with Crippen molar-refractivity contribution in [3.8, 4) is 11.1 Å². The van der Waals surface area contributed by atoms with Crippen molar-refractivity contribution in [1.82, 2.24) is 4.57 Å². The predicted molar refractivity (Wildman–Crippen MR) is 90.6 cm³/mol. The molecule has 4 aromatic rings. The summed E-state index contributed by atoms with van der Waals surface area (Å²) in [6.45, 7) is 2.12. The van der Waals surface area contributed by atoms with Crippen LogP contribution in [0.25, 0.3) is 32.9 Å². The van der Waals surface area contributed by atoms with Crippen LogP contribution >= 0.6 is 0 Å². The van der Waals surface area contributed by atoms with Gasteiger partial charge in [0.25, 0.3) is 0 Å². The van der Waals surface area contributed by atoms with Gasteiger partial charge in [0.15, 0.2) is 0 Å².